The molecule has 0 aromatic heterocycles. The summed E-state index contributed by atoms with van der Waals surface area (Å²) < 4.78 is 5.72. The maximum Gasteiger partial charge on any atom is 0.224 e. The number of carbonyl (C=O) groups is 1. The van der Waals surface area contributed by atoms with Crippen molar-refractivity contribution in [2.24, 2.45) is 5.92 Å². The van der Waals surface area contributed by atoms with Crippen LogP contribution in [-0.2, 0) is 4.79 Å². The number of amides is 1. The second kappa shape index (κ2) is 7.32. The first-order chi connectivity index (χ1) is 9.65. The van der Waals surface area contributed by atoms with E-state index in [9.17, 15) is 4.79 Å². The van der Waals surface area contributed by atoms with Gasteiger partial charge in [-0.05, 0) is 44.7 Å². The summed E-state index contributed by atoms with van der Waals surface area (Å²) in [4.78, 5) is 12.2. The fraction of sp³-hybridized carbons (Fsp3) is 0.588. The highest BCUT2D eigenvalue weighted by Gasteiger charge is 2.17. The molecule has 0 spiro atoms. The van der Waals surface area contributed by atoms with Crippen LogP contribution in [0.25, 0.3) is 0 Å². The van der Waals surface area contributed by atoms with E-state index in [0.717, 1.165) is 11.4 Å². The van der Waals surface area contributed by atoms with Gasteiger partial charge in [0.05, 0.1) is 11.8 Å². The van der Waals surface area contributed by atoms with Gasteiger partial charge in [0, 0.05) is 6.42 Å². The molecule has 110 valence electrons. The van der Waals surface area contributed by atoms with E-state index in [2.05, 4.69) is 5.32 Å². The first-order valence-electron chi connectivity index (χ1n) is 7.70. The third kappa shape index (κ3) is 4.55. The van der Waals surface area contributed by atoms with Crippen LogP contribution < -0.4 is 10.1 Å². The molecule has 3 heteroatoms. The molecule has 3 nitrogen and oxygen atoms in total. The number of rotatable bonds is 5. The van der Waals surface area contributed by atoms with Gasteiger partial charge in [-0.1, -0.05) is 31.4 Å². The lowest BCUT2D eigenvalue weighted by atomic mass is 9.87. The van der Waals surface area contributed by atoms with Gasteiger partial charge in [-0.3, -0.25) is 4.79 Å². The summed E-state index contributed by atoms with van der Waals surface area (Å²) in [6, 6.07) is 7.64. The van der Waals surface area contributed by atoms with Gasteiger partial charge < -0.3 is 10.1 Å². The molecule has 1 amide bonds. The van der Waals surface area contributed by atoms with Gasteiger partial charge in [0.2, 0.25) is 5.91 Å². The zero-order valence-electron chi connectivity index (χ0n) is 12.5. The number of hydrogen-bond donors (Lipinski definition) is 1. The summed E-state index contributed by atoms with van der Waals surface area (Å²) in [5.41, 5.74) is 0.780. The van der Waals surface area contributed by atoms with Gasteiger partial charge in [-0.15, -0.1) is 0 Å². The van der Waals surface area contributed by atoms with Crippen LogP contribution in [0.3, 0.4) is 0 Å². The molecule has 20 heavy (non-hydrogen) atoms. The molecule has 0 bridgehead atoms. The molecule has 1 aromatic carbocycles. The van der Waals surface area contributed by atoms with Crippen molar-refractivity contribution in [2.75, 3.05) is 5.32 Å². The SMILES string of the molecule is CC(C)Oc1ccccc1NC(=O)CC1CCCCC1. The average Bonchev–Trinajstić information content (AvgIpc) is 2.41. The third-order valence-electron chi connectivity index (χ3n) is 3.72. The van der Waals surface area contributed by atoms with Gasteiger partial charge in [-0.25, -0.2) is 0 Å². The highest BCUT2D eigenvalue weighted by atomic mass is 16.5. The predicted molar refractivity (Wildman–Crippen MR) is 82.0 cm³/mol. The molecule has 2 rings (SSSR count). The number of hydrogen-bond acceptors (Lipinski definition) is 2. The van der Waals surface area contributed by atoms with Gasteiger partial charge in [0.25, 0.3) is 0 Å². The quantitative estimate of drug-likeness (QED) is 0.866. The summed E-state index contributed by atoms with van der Waals surface area (Å²) in [5, 5.41) is 3.00. The first-order valence-corrected chi connectivity index (χ1v) is 7.70. The number of anilines is 1. The number of ether oxygens (including phenoxy) is 1. The average molecular weight is 275 g/mol. The Morgan fingerprint density at radius 3 is 2.65 bits per heavy atom. The van der Waals surface area contributed by atoms with Crippen molar-refractivity contribution < 1.29 is 9.53 Å². The van der Waals surface area contributed by atoms with E-state index in [4.69, 9.17) is 4.74 Å². The minimum absolute atomic E-state index is 0.103. The van der Waals surface area contributed by atoms with Crippen molar-refractivity contribution in [1.29, 1.82) is 0 Å². The summed E-state index contributed by atoms with van der Waals surface area (Å²) >= 11 is 0. The fourth-order valence-corrected chi connectivity index (χ4v) is 2.78. The minimum atomic E-state index is 0.103. The normalized spacial score (nSPS) is 16.1. The summed E-state index contributed by atoms with van der Waals surface area (Å²) in [6.45, 7) is 3.97. The Hall–Kier alpha value is -1.51. The molecule has 0 atom stereocenters. The van der Waals surface area contributed by atoms with Crippen molar-refractivity contribution in [3.63, 3.8) is 0 Å². The molecular weight excluding hydrogens is 250 g/mol. The number of carbonyl (C=O) groups excluding carboxylic acids is 1. The Morgan fingerprint density at radius 2 is 1.95 bits per heavy atom. The molecule has 1 fully saturated rings. The highest BCUT2D eigenvalue weighted by Crippen LogP contribution is 2.28. The van der Waals surface area contributed by atoms with Crippen LogP contribution in [0, 0.1) is 5.92 Å². The Morgan fingerprint density at radius 1 is 1.25 bits per heavy atom. The maximum atomic E-state index is 12.2. The Balaban J connectivity index is 1.93. The van der Waals surface area contributed by atoms with E-state index in [1.807, 2.05) is 38.1 Å². The smallest absolute Gasteiger partial charge is 0.224 e. The van der Waals surface area contributed by atoms with Crippen molar-refractivity contribution in [1.82, 2.24) is 0 Å². The van der Waals surface area contributed by atoms with Crippen molar-refractivity contribution in [3.8, 4) is 5.75 Å². The largest absolute Gasteiger partial charge is 0.489 e. The standard InChI is InChI=1S/C17H25NO2/c1-13(2)20-16-11-7-6-10-15(16)18-17(19)12-14-8-4-3-5-9-14/h6-7,10-11,13-14H,3-5,8-9,12H2,1-2H3,(H,18,19). The Labute approximate surface area is 121 Å². The molecule has 0 saturated heterocycles. The number of benzene rings is 1. The van der Waals surface area contributed by atoms with Crippen molar-refractivity contribution >= 4 is 11.6 Å². The summed E-state index contributed by atoms with van der Waals surface area (Å²) in [6.07, 6.45) is 6.98. The lowest BCUT2D eigenvalue weighted by Gasteiger charge is -2.21. The Bertz CT molecular complexity index is 436. The molecule has 1 aliphatic rings. The molecule has 0 aliphatic heterocycles. The predicted octanol–water partition coefficient (Wildman–Crippen LogP) is 4.38. The maximum absolute atomic E-state index is 12.2. The molecule has 0 radical (unpaired) electrons. The van der Waals surface area contributed by atoms with Crippen LogP contribution >= 0.6 is 0 Å². The van der Waals surface area contributed by atoms with E-state index in [0.29, 0.717) is 12.3 Å². The summed E-state index contributed by atoms with van der Waals surface area (Å²) in [7, 11) is 0. The van der Waals surface area contributed by atoms with Crippen molar-refractivity contribution in [2.45, 2.75) is 58.5 Å². The van der Waals surface area contributed by atoms with E-state index in [-0.39, 0.29) is 12.0 Å². The molecule has 1 saturated carbocycles. The van der Waals surface area contributed by atoms with Crippen LogP contribution in [0.4, 0.5) is 5.69 Å². The van der Waals surface area contributed by atoms with Crippen LogP contribution in [0.5, 0.6) is 5.75 Å². The molecular formula is C17H25NO2. The van der Waals surface area contributed by atoms with Crippen LogP contribution in [0.2, 0.25) is 0 Å². The topological polar surface area (TPSA) is 38.3 Å². The zero-order valence-corrected chi connectivity index (χ0v) is 12.5. The molecule has 1 N–H and O–H groups in total. The van der Waals surface area contributed by atoms with Crippen LogP contribution in [0.1, 0.15) is 52.4 Å². The van der Waals surface area contributed by atoms with Gasteiger partial charge >= 0.3 is 0 Å². The minimum Gasteiger partial charge on any atom is -0.489 e. The summed E-state index contributed by atoms with van der Waals surface area (Å²) in [5.74, 6) is 1.41. The zero-order chi connectivity index (χ0) is 14.4. The first kappa shape index (κ1) is 14.9. The van der Waals surface area contributed by atoms with Gasteiger partial charge in [-0.2, -0.15) is 0 Å². The van der Waals surface area contributed by atoms with E-state index in [1.165, 1.54) is 32.1 Å². The van der Waals surface area contributed by atoms with Crippen LogP contribution in [0.15, 0.2) is 24.3 Å². The molecule has 1 aliphatic carbocycles. The van der Waals surface area contributed by atoms with E-state index < -0.39 is 0 Å². The Kier molecular flexibility index (Phi) is 5.45. The molecule has 0 heterocycles. The second-order valence-electron chi connectivity index (χ2n) is 5.92. The van der Waals surface area contributed by atoms with Gasteiger partial charge in [0.1, 0.15) is 5.75 Å². The lowest BCUT2D eigenvalue weighted by Crippen LogP contribution is -2.19. The van der Waals surface area contributed by atoms with E-state index >= 15 is 0 Å². The van der Waals surface area contributed by atoms with Crippen LogP contribution in [-0.4, -0.2) is 12.0 Å². The monoisotopic (exact) mass is 275 g/mol. The van der Waals surface area contributed by atoms with Crippen molar-refractivity contribution in [3.05, 3.63) is 24.3 Å². The third-order valence-corrected chi connectivity index (χ3v) is 3.72. The lowest BCUT2D eigenvalue weighted by molar-refractivity contribution is -0.117. The molecule has 1 aromatic rings. The fourth-order valence-electron chi connectivity index (χ4n) is 2.78. The highest BCUT2D eigenvalue weighted by molar-refractivity contribution is 5.92. The number of para-hydroxylation sites is 2. The molecule has 0 unspecified atom stereocenters. The van der Waals surface area contributed by atoms with E-state index in [1.54, 1.807) is 0 Å². The number of nitrogens with one attached hydrogen (secondary N) is 1. The second-order valence-corrected chi connectivity index (χ2v) is 5.92. The van der Waals surface area contributed by atoms with Gasteiger partial charge in [0.15, 0.2) is 0 Å².